The fraction of sp³-hybridized carbons (Fsp3) is 0.333. The van der Waals surface area contributed by atoms with E-state index >= 15 is 0 Å². The zero-order valence-electron chi connectivity index (χ0n) is 10.4. The van der Waals surface area contributed by atoms with Crippen molar-refractivity contribution in [2.45, 2.75) is 13.3 Å². The van der Waals surface area contributed by atoms with Crippen molar-refractivity contribution in [1.29, 1.82) is 5.41 Å². The molecule has 2 aromatic rings. The molecule has 0 amide bonds. The van der Waals surface area contributed by atoms with Gasteiger partial charge in [-0.1, -0.05) is 6.07 Å². The number of nitrogen functional groups attached to an aromatic ring is 1. The van der Waals surface area contributed by atoms with Crippen LogP contribution in [0.2, 0.25) is 0 Å². The number of nitrogens with zero attached hydrogens (tertiary/aromatic N) is 2. The van der Waals surface area contributed by atoms with Gasteiger partial charge in [-0.2, -0.15) is 5.10 Å². The lowest BCUT2D eigenvalue weighted by Gasteiger charge is -2.07. The summed E-state index contributed by atoms with van der Waals surface area (Å²) in [7, 11) is 1.79. The van der Waals surface area contributed by atoms with E-state index in [4.69, 9.17) is 15.9 Å². The molecule has 2 rings (SSSR count). The molecule has 0 radical (unpaired) electrons. The third-order valence-electron chi connectivity index (χ3n) is 2.61. The van der Waals surface area contributed by atoms with Gasteiger partial charge in [-0.05, 0) is 18.4 Å². The van der Waals surface area contributed by atoms with Crippen LogP contribution in [-0.4, -0.2) is 22.2 Å². The SMILES string of the molecule is Cc1nn(C)c(OCCc2cccs2)c1C(=N)N. The fourth-order valence-electron chi connectivity index (χ4n) is 1.82. The van der Waals surface area contributed by atoms with Crippen molar-refractivity contribution in [2.24, 2.45) is 12.8 Å². The van der Waals surface area contributed by atoms with Crippen molar-refractivity contribution < 1.29 is 4.74 Å². The number of rotatable bonds is 5. The van der Waals surface area contributed by atoms with Gasteiger partial charge in [-0.25, -0.2) is 4.68 Å². The Morgan fingerprint density at radius 1 is 1.61 bits per heavy atom. The summed E-state index contributed by atoms with van der Waals surface area (Å²) in [6, 6.07) is 4.10. The molecule has 6 heteroatoms. The Labute approximate surface area is 110 Å². The molecule has 96 valence electrons. The van der Waals surface area contributed by atoms with Gasteiger partial charge >= 0.3 is 0 Å². The van der Waals surface area contributed by atoms with Crippen LogP contribution in [0.1, 0.15) is 16.1 Å². The minimum absolute atomic E-state index is 0.00766. The third-order valence-corrected chi connectivity index (χ3v) is 3.54. The summed E-state index contributed by atoms with van der Waals surface area (Å²) in [6.07, 6.45) is 0.846. The normalized spacial score (nSPS) is 10.6. The fourth-order valence-corrected chi connectivity index (χ4v) is 2.51. The van der Waals surface area contributed by atoms with Crippen LogP contribution in [0, 0.1) is 12.3 Å². The zero-order chi connectivity index (χ0) is 13.1. The average molecular weight is 264 g/mol. The summed E-state index contributed by atoms with van der Waals surface area (Å²) < 4.78 is 7.34. The third kappa shape index (κ3) is 2.53. The second kappa shape index (κ2) is 5.22. The molecule has 2 aromatic heterocycles. The Balaban J connectivity index is 2.07. The minimum atomic E-state index is -0.00766. The minimum Gasteiger partial charge on any atom is -0.477 e. The number of nitrogens with two attached hydrogens (primary N) is 1. The average Bonchev–Trinajstić information content (AvgIpc) is 2.87. The maximum Gasteiger partial charge on any atom is 0.223 e. The summed E-state index contributed by atoms with van der Waals surface area (Å²) in [5, 5.41) is 13.8. The number of amidine groups is 1. The second-order valence-electron chi connectivity index (χ2n) is 3.98. The lowest BCUT2D eigenvalue weighted by Crippen LogP contribution is -2.14. The van der Waals surface area contributed by atoms with E-state index in [9.17, 15) is 0 Å². The molecular formula is C12H16N4OS. The van der Waals surface area contributed by atoms with E-state index in [-0.39, 0.29) is 5.84 Å². The van der Waals surface area contributed by atoms with Gasteiger partial charge in [0.1, 0.15) is 11.4 Å². The highest BCUT2D eigenvalue weighted by atomic mass is 32.1. The highest BCUT2D eigenvalue weighted by Gasteiger charge is 2.16. The van der Waals surface area contributed by atoms with Crippen LogP contribution in [0.4, 0.5) is 0 Å². The smallest absolute Gasteiger partial charge is 0.223 e. The highest BCUT2D eigenvalue weighted by molar-refractivity contribution is 7.09. The number of hydrogen-bond acceptors (Lipinski definition) is 4. The largest absolute Gasteiger partial charge is 0.477 e. The summed E-state index contributed by atoms with van der Waals surface area (Å²) in [5.41, 5.74) is 6.85. The lowest BCUT2D eigenvalue weighted by molar-refractivity contribution is 0.294. The van der Waals surface area contributed by atoms with Crippen LogP contribution < -0.4 is 10.5 Å². The molecule has 0 atom stereocenters. The first-order valence-corrected chi connectivity index (χ1v) is 6.50. The summed E-state index contributed by atoms with van der Waals surface area (Å²) in [5.74, 6) is 0.559. The predicted octanol–water partition coefficient (Wildman–Crippen LogP) is 1.70. The Morgan fingerprint density at radius 2 is 2.39 bits per heavy atom. The van der Waals surface area contributed by atoms with Gasteiger partial charge in [-0.3, -0.25) is 5.41 Å². The maximum absolute atomic E-state index is 7.55. The van der Waals surface area contributed by atoms with Crippen LogP contribution in [-0.2, 0) is 13.5 Å². The number of ether oxygens (including phenoxy) is 1. The highest BCUT2D eigenvalue weighted by Crippen LogP contribution is 2.21. The zero-order valence-corrected chi connectivity index (χ0v) is 11.3. The van der Waals surface area contributed by atoms with Gasteiger partial charge in [0.15, 0.2) is 0 Å². The molecular weight excluding hydrogens is 248 g/mol. The van der Waals surface area contributed by atoms with E-state index in [1.807, 2.05) is 18.4 Å². The quantitative estimate of drug-likeness (QED) is 0.637. The molecule has 3 N–H and O–H groups in total. The molecule has 2 heterocycles. The molecule has 0 saturated heterocycles. The van der Waals surface area contributed by atoms with Gasteiger partial charge in [0.2, 0.25) is 5.88 Å². The molecule has 0 aliphatic carbocycles. The Morgan fingerprint density at radius 3 is 3.00 bits per heavy atom. The lowest BCUT2D eigenvalue weighted by atomic mass is 10.2. The molecule has 0 fully saturated rings. The number of thiophene rings is 1. The number of nitrogens with one attached hydrogen (secondary N) is 1. The predicted molar refractivity (Wildman–Crippen MR) is 72.5 cm³/mol. The molecule has 0 bridgehead atoms. The molecule has 0 saturated carbocycles. The summed E-state index contributed by atoms with van der Waals surface area (Å²) in [6.45, 7) is 2.38. The van der Waals surface area contributed by atoms with E-state index in [1.165, 1.54) is 4.88 Å². The van der Waals surface area contributed by atoms with Crippen molar-refractivity contribution in [3.05, 3.63) is 33.6 Å². The van der Waals surface area contributed by atoms with Crippen molar-refractivity contribution in [1.82, 2.24) is 9.78 Å². The molecule has 0 aliphatic heterocycles. The first kappa shape index (κ1) is 12.6. The van der Waals surface area contributed by atoms with Gasteiger partial charge in [0.05, 0.1) is 12.3 Å². The van der Waals surface area contributed by atoms with Crippen LogP contribution in [0.15, 0.2) is 17.5 Å². The standard InChI is InChI=1S/C12H16N4OS/c1-8-10(11(13)14)12(16(2)15-8)17-6-5-9-4-3-7-18-9/h3-4,7H,5-6H2,1-2H3,(H3,13,14). The van der Waals surface area contributed by atoms with E-state index in [0.717, 1.165) is 12.1 Å². The first-order valence-electron chi connectivity index (χ1n) is 5.62. The Hall–Kier alpha value is -1.82. The maximum atomic E-state index is 7.55. The second-order valence-corrected chi connectivity index (χ2v) is 5.01. The summed E-state index contributed by atoms with van der Waals surface area (Å²) in [4.78, 5) is 1.28. The topological polar surface area (TPSA) is 76.9 Å². The summed E-state index contributed by atoms with van der Waals surface area (Å²) >= 11 is 1.71. The van der Waals surface area contributed by atoms with Crippen LogP contribution in [0.5, 0.6) is 5.88 Å². The van der Waals surface area contributed by atoms with Crippen molar-refractivity contribution in [3.63, 3.8) is 0 Å². The monoisotopic (exact) mass is 264 g/mol. The van der Waals surface area contributed by atoms with Gasteiger partial charge < -0.3 is 10.5 Å². The molecule has 0 spiro atoms. The van der Waals surface area contributed by atoms with Crippen molar-refractivity contribution in [3.8, 4) is 5.88 Å². The molecule has 5 nitrogen and oxygen atoms in total. The van der Waals surface area contributed by atoms with Gasteiger partial charge in [0.25, 0.3) is 0 Å². The van der Waals surface area contributed by atoms with Gasteiger partial charge in [-0.15, -0.1) is 11.3 Å². The molecule has 18 heavy (non-hydrogen) atoms. The number of aryl methyl sites for hydroxylation is 2. The van der Waals surface area contributed by atoms with E-state index in [2.05, 4.69) is 11.2 Å². The number of aromatic nitrogens is 2. The molecule has 0 aromatic carbocycles. The van der Waals surface area contributed by atoms with Crippen LogP contribution >= 0.6 is 11.3 Å². The van der Waals surface area contributed by atoms with Crippen molar-refractivity contribution >= 4 is 17.2 Å². The van der Waals surface area contributed by atoms with E-state index < -0.39 is 0 Å². The Bertz CT molecular complexity index is 545. The van der Waals surface area contributed by atoms with E-state index in [0.29, 0.717) is 18.1 Å². The molecule has 0 aliphatic rings. The Kier molecular flexibility index (Phi) is 3.66. The van der Waals surface area contributed by atoms with Crippen LogP contribution in [0.3, 0.4) is 0 Å². The molecule has 0 unspecified atom stereocenters. The van der Waals surface area contributed by atoms with Crippen molar-refractivity contribution in [2.75, 3.05) is 6.61 Å². The van der Waals surface area contributed by atoms with Gasteiger partial charge in [0, 0.05) is 18.3 Å². The van der Waals surface area contributed by atoms with Crippen LogP contribution in [0.25, 0.3) is 0 Å². The first-order chi connectivity index (χ1) is 8.59. The van der Waals surface area contributed by atoms with E-state index in [1.54, 1.807) is 23.1 Å². The number of hydrogen-bond donors (Lipinski definition) is 2.